The van der Waals surface area contributed by atoms with Gasteiger partial charge in [-0.15, -0.1) is 0 Å². The van der Waals surface area contributed by atoms with Crippen LogP contribution in [0.25, 0.3) is 0 Å². The summed E-state index contributed by atoms with van der Waals surface area (Å²) in [4.78, 5) is 0. The summed E-state index contributed by atoms with van der Waals surface area (Å²) in [5.74, 6) is 1.47. The Bertz CT molecular complexity index is 104. The minimum absolute atomic E-state index is 0. The van der Waals surface area contributed by atoms with Crippen LogP contribution in [0.4, 0.5) is 0 Å². The van der Waals surface area contributed by atoms with E-state index in [1.165, 1.54) is 0 Å². The van der Waals surface area contributed by atoms with Gasteiger partial charge in [0.25, 0.3) is 0 Å². The fourth-order valence-corrected chi connectivity index (χ4v) is 0.829. The van der Waals surface area contributed by atoms with Gasteiger partial charge in [-0.25, -0.2) is 0 Å². The van der Waals surface area contributed by atoms with E-state index >= 15 is 0 Å². The molecular weight excluding hydrogens is 108 g/mol. The summed E-state index contributed by atoms with van der Waals surface area (Å²) in [6.45, 7) is 4.48. The first-order valence-electron chi connectivity index (χ1n) is 3.15. The van der Waals surface area contributed by atoms with Crippen LogP contribution in [0.1, 0.15) is 21.3 Å². The van der Waals surface area contributed by atoms with Gasteiger partial charge in [-0.05, 0) is 11.8 Å². The van der Waals surface area contributed by atoms with E-state index in [9.17, 15) is 0 Å². The number of rotatable bonds is 0. The van der Waals surface area contributed by atoms with Gasteiger partial charge in [0.15, 0.2) is 0 Å². The summed E-state index contributed by atoms with van der Waals surface area (Å²) in [6.07, 6.45) is 8.71. The standard InChI is InChI=1S/C8H12.CH4/c1-7-5-3-4-6-8(7)2;/h3-8H,1-2H3;1H4. The summed E-state index contributed by atoms with van der Waals surface area (Å²) < 4.78 is 0. The van der Waals surface area contributed by atoms with Gasteiger partial charge in [0.1, 0.15) is 0 Å². The summed E-state index contributed by atoms with van der Waals surface area (Å²) in [5.41, 5.74) is 0. The summed E-state index contributed by atoms with van der Waals surface area (Å²) >= 11 is 0. The molecule has 1 aliphatic rings. The molecule has 0 bridgehead atoms. The Balaban J connectivity index is 0.000000640. The lowest BCUT2D eigenvalue weighted by Gasteiger charge is -2.13. The molecule has 0 heteroatoms. The molecule has 9 heavy (non-hydrogen) atoms. The lowest BCUT2D eigenvalue weighted by Crippen LogP contribution is -2.03. The van der Waals surface area contributed by atoms with Crippen molar-refractivity contribution in [2.75, 3.05) is 0 Å². The summed E-state index contributed by atoms with van der Waals surface area (Å²) in [6, 6.07) is 0. The van der Waals surface area contributed by atoms with E-state index in [1.807, 2.05) is 0 Å². The third-order valence-electron chi connectivity index (χ3n) is 1.77. The zero-order valence-electron chi connectivity index (χ0n) is 5.46. The quantitative estimate of drug-likeness (QED) is 0.465. The van der Waals surface area contributed by atoms with Crippen LogP contribution in [0.5, 0.6) is 0 Å². The molecule has 0 aromatic rings. The van der Waals surface area contributed by atoms with Gasteiger partial charge in [0, 0.05) is 0 Å². The molecule has 0 heterocycles. The molecule has 0 amide bonds. The molecule has 0 nitrogen and oxygen atoms in total. The van der Waals surface area contributed by atoms with Crippen molar-refractivity contribution in [1.82, 2.24) is 0 Å². The van der Waals surface area contributed by atoms with Gasteiger partial charge in [0.2, 0.25) is 0 Å². The van der Waals surface area contributed by atoms with Crippen molar-refractivity contribution in [3.05, 3.63) is 24.3 Å². The highest BCUT2D eigenvalue weighted by atomic mass is 14.1. The van der Waals surface area contributed by atoms with Crippen molar-refractivity contribution in [1.29, 1.82) is 0 Å². The van der Waals surface area contributed by atoms with Crippen molar-refractivity contribution in [3.63, 3.8) is 0 Å². The molecule has 0 aliphatic heterocycles. The summed E-state index contributed by atoms with van der Waals surface area (Å²) in [7, 11) is 0. The van der Waals surface area contributed by atoms with E-state index in [2.05, 4.69) is 38.2 Å². The fourth-order valence-electron chi connectivity index (χ4n) is 0.829. The maximum Gasteiger partial charge on any atom is -0.0198 e. The predicted octanol–water partition coefficient (Wildman–Crippen LogP) is 3.02. The van der Waals surface area contributed by atoms with Gasteiger partial charge in [0.05, 0.1) is 0 Å². The van der Waals surface area contributed by atoms with E-state index in [4.69, 9.17) is 0 Å². The normalized spacial score (nSPS) is 31.8. The predicted molar refractivity (Wildman–Crippen MR) is 43.3 cm³/mol. The van der Waals surface area contributed by atoms with Crippen LogP contribution < -0.4 is 0 Å². The van der Waals surface area contributed by atoms with Gasteiger partial charge in [-0.2, -0.15) is 0 Å². The monoisotopic (exact) mass is 124 g/mol. The van der Waals surface area contributed by atoms with Crippen molar-refractivity contribution >= 4 is 0 Å². The Labute approximate surface area is 58.3 Å². The van der Waals surface area contributed by atoms with Crippen LogP contribution in [-0.4, -0.2) is 0 Å². The zero-order chi connectivity index (χ0) is 5.98. The molecular formula is C9H16. The second-order valence-electron chi connectivity index (χ2n) is 2.49. The molecule has 52 valence electrons. The average Bonchev–Trinajstić information content (AvgIpc) is 1.77. The van der Waals surface area contributed by atoms with Gasteiger partial charge < -0.3 is 0 Å². The third kappa shape index (κ3) is 2.05. The minimum Gasteiger partial charge on any atom is -0.0811 e. The lowest BCUT2D eigenvalue weighted by atomic mass is 9.92. The minimum atomic E-state index is 0. The molecule has 0 radical (unpaired) electrons. The molecule has 0 saturated carbocycles. The second-order valence-corrected chi connectivity index (χ2v) is 2.49. The van der Waals surface area contributed by atoms with Crippen molar-refractivity contribution in [3.8, 4) is 0 Å². The number of hydrogen-bond donors (Lipinski definition) is 0. The van der Waals surface area contributed by atoms with Gasteiger partial charge in [-0.3, -0.25) is 0 Å². The van der Waals surface area contributed by atoms with Crippen LogP contribution in [0.2, 0.25) is 0 Å². The van der Waals surface area contributed by atoms with E-state index in [0.717, 1.165) is 11.8 Å². The van der Waals surface area contributed by atoms with Gasteiger partial charge >= 0.3 is 0 Å². The van der Waals surface area contributed by atoms with Crippen LogP contribution >= 0.6 is 0 Å². The first-order chi connectivity index (χ1) is 3.80. The van der Waals surface area contributed by atoms with Crippen LogP contribution in [0.15, 0.2) is 24.3 Å². The molecule has 1 aliphatic carbocycles. The van der Waals surface area contributed by atoms with Crippen LogP contribution in [0, 0.1) is 11.8 Å². The molecule has 0 spiro atoms. The third-order valence-corrected chi connectivity index (χ3v) is 1.77. The Morgan fingerprint density at radius 2 is 1.22 bits per heavy atom. The first-order valence-corrected chi connectivity index (χ1v) is 3.15. The molecule has 0 aromatic heterocycles. The highest BCUT2D eigenvalue weighted by Crippen LogP contribution is 2.16. The molecule has 0 fully saturated rings. The molecule has 1 rings (SSSR count). The van der Waals surface area contributed by atoms with E-state index < -0.39 is 0 Å². The van der Waals surface area contributed by atoms with E-state index in [-0.39, 0.29) is 7.43 Å². The fraction of sp³-hybridized carbons (Fsp3) is 0.556. The maximum absolute atomic E-state index is 2.24. The van der Waals surface area contributed by atoms with Crippen LogP contribution in [-0.2, 0) is 0 Å². The van der Waals surface area contributed by atoms with Crippen LogP contribution in [0.3, 0.4) is 0 Å². The molecule has 0 saturated heterocycles. The molecule has 0 aromatic carbocycles. The average molecular weight is 124 g/mol. The topological polar surface area (TPSA) is 0 Å². The molecule has 2 atom stereocenters. The zero-order valence-corrected chi connectivity index (χ0v) is 5.46. The van der Waals surface area contributed by atoms with Crippen molar-refractivity contribution < 1.29 is 0 Å². The molecule has 0 N–H and O–H groups in total. The highest BCUT2D eigenvalue weighted by Gasteiger charge is 2.05. The van der Waals surface area contributed by atoms with Crippen molar-refractivity contribution in [2.45, 2.75) is 21.3 Å². The van der Waals surface area contributed by atoms with E-state index in [0.29, 0.717) is 0 Å². The first kappa shape index (κ1) is 8.48. The molecule has 2 unspecified atom stereocenters. The Kier molecular flexibility index (Phi) is 3.29. The Hall–Kier alpha value is -0.520. The Morgan fingerprint density at radius 1 is 0.889 bits per heavy atom. The summed E-state index contributed by atoms with van der Waals surface area (Å²) in [5, 5.41) is 0. The van der Waals surface area contributed by atoms with E-state index in [1.54, 1.807) is 0 Å². The largest absolute Gasteiger partial charge is 0.0811 e. The SMILES string of the molecule is C.CC1C=CC=CC1C. The maximum atomic E-state index is 2.24. The Morgan fingerprint density at radius 3 is 1.44 bits per heavy atom. The smallest absolute Gasteiger partial charge is 0.0198 e. The number of allylic oxidation sites excluding steroid dienone is 4. The highest BCUT2D eigenvalue weighted by molar-refractivity contribution is 5.12. The van der Waals surface area contributed by atoms with Crippen molar-refractivity contribution in [2.24, 2.45) is 11.8 Å². The number of hydrogen-bond acceptors (Lipinski definition) is 0. The second kappa shape index (κ2) is 3.49. The lowest BCUT2D eigenvalue weighted by molar-refractivity contribution is 0.552. The van der Waals surface area contributed by atoms with Gasteiger partial charge in [-0.1, -0.05) is 45.6 Å².